The van der Waals surface area contributed by atoms with E-state index in [1.54, 1.807) is 17.1 Å². The molecule has 0 aliphatic carbocycles. The number of hydrogen-bond donors (Lipinski definition) is 2. The van der Waals surface area contributed by atoms with Gasteiger partial charge >= 0.3 is 5.97 Å². The molecule has 2 aromatic heterocycles. The summed E-state index contributed by atoms with van der Waals surface area (Å²) in [4.78, 5) is 24.2. The number of aromatic nitrogens is 4. The van der Waals surface area contributed by atoms with Crippen LogP contribution >= 0.6 is 0 Å². The number of rotatable bonds is 6. The average Bonchev–Trinajstić information content (AvgIpc) is 3.40. The second-order valence-corrected chi connectivity index (χ2v) is 7.17. The highest BCUT2D eigenvalue weighted by atomic mass is 16.5. The zero-order chi connectivity index (χ0) is 19.1. The van der Waals surface area contributed by atoms with Gasteiger partial charge in [-0.25, -0.2) is 0 Å². The van der Waals surface area contributed by atoms with Crippen LogP contribution in [-0.4, -0.2) is 48.8 Å². The molecule has 0 saturated carbocycles. The first-order valence-electron chi connectivity index (χ1n) is 9.20. The van der Waals surface area contributed by atoms with Crippen LogP contribution < -0.4 is 5.32 Å². The van der Waals surface area contributed by atoms with Crippen LogP contribution in [-0.2, 0) is 27.4 Å². The van der Waals surface area contributed by atoms with Gasteiger partial charge in [-0.1, -0.05) is 0 Å². The highest BCUT2D eigenvalue weighted by molar-refractivity contribution is 5.96. The maximum atomic E-state index is 12.7. The number of fused-ring (bicyclic) bond motifs is 2. The van der Waals surface area contributed by atoms with Crippen LogP contribution in [0.15, 0.2) is 18.6 Å². The van der Waals surface area contributed by atoms with E-state index < -0.39 is 17.8 Å². The van der Waals surface area contributed by atoms with Crippen molar-refractivity contribution in [1.82, 2.24) is 19.6 Å². The molecule has 0 aromatic carbocycles. The Morgan fingerprint density at radius 1 is 1.26 bits per heavy atom. The highest BCUT2D eigenvalue weighted by Gasteiger charge is 2.55. The standard InChI is InChI=1S/C18H23N5O4/c1-3-23-10(2)11(6-20-23)8-22-9-12(7-19-22)21-17(24)15-13-4-5-14(27-13)16(15)18(25)26/h6-7,9,13-16H,3-5,8H2,1-2H3,(H,21,24)(H,25,26)/t13-,14-,15-,16-/m0/s1. The molecule has 0 spiro atoms. The lowest BCUT2D eigenvalue weighted by molar-refractivity contribution is -0.147. The molecule has 2 bridgehead atoms. The molecule has 2 saturated heterocycles. The Bertz CT molecular complexity index is 873. The van der Waals surface area contributed by atoms with Crippen LogP contribution in [0.3, 0.4) is 0 Å². The Morgan fingerprint density at radius 2 is 2.00 bits per heavy atom. The van der Waals surface area contributed by atoms with E-state index in [1.165, 1.54) is 0 Å². The van der Waals surface area contributed by atoms with Crippen LogP contribution in [0, 0.1) is 18.8 Å². The van der Waals surface area contributed by atoms with Crippen LogP contribution in [0.5, 0.6) is 0 Å². The lowest BCUT2D eigenvalue weighted by atomic mass is 9.78. The van der Waals surface area contributed by atoms with E-state index in [2.05, 4.69) is 15.5 Å². The summed E-state index contributed by atoms with van der Waals surface area (Å²) >= 11 is 0. The minimum Gasteiger partial charge on any atom is -0.481 e. The van der Waals surface area contributed by atoms with Gasteiger partial charge in [-0.15, -0.1) is 0 Å². The summed E-state index contributed by atoms with van der Waals surface area (Å²) in [5.41, 5.74) is 2.69. The van der Waals surface area contributed by atoms with Crippen molar-refractivity contribution in [1.29, 1.82) is 0 Å². The summed E-state index contributed by atoms with van der Waals surface area (Å²) in [7, 11) is 0. The quantitative estimate of drug-likeness (QED) is 0.789. The van der Waals surface area contributed by atoms with Crippen molar-refractivity contribution in [3.63, 3.8) is 0 Å². The van der Waals surface area contributed by atoms with E-state index in [4.69, 9.17) is 4.74 Å². The molecular weight excluding hydrogens is 350 g/mol. The predicted molar refractivity (Wildman–Crippen MR) is 95.1 cm³/mol. The third-order valence-corrected chi connectivity index (χ3v) is 5.60. The van der Waals surface area contributed by atoms with Crippen LogP contribution in [0.4, 0.5) is 5.69 Å². The number of anilines is 1. The Morgan fingerprint density at radius 3 is 2.67 bits per heavy atom. The number of carboxylic acids is 1. The molecule has 0 radical (unpaired) electrons. The molecule has 2 aromatic rings. The minimum absolute atomic E-state index is 0.311. The lowest BCUT2D eigenvalue weighted by Gasteiger charge is -2.23. The van der Waals surface area contributed by atoms with Gasteiger partial charge in [0.15, 0.2) is 0 Å². The van der Waals surface area contributed by atoms with E-state index in [0.29, 0.717) is 18.7 Å². The predicted octanol–water partition coefficient (Wildman–Crippen LogP) is 1.27. The molecule has 9 heteroatoms. The second-order valence-electron chi connectivity index (χ2n) is 7.17. The van der Waals surface area contributed by atoms with Crippen molar-refractivity contribution in [3.8, 4) is 0 Å². The van der Waals surface area contributed by atoms with Crippen molar-refractivity contribution < 1.29 is 19.4 Å². The summed E-state index contributed by atoms with van der Waals surface area (Å²) in [6.45, 7) is 5.41. The molecule has 2 aliphatic heterocycles. The Balaban J connectivity index is 1.44. The Labute approximate surface area is 156 Å². The van der Waals surface area contributed by atoms with Gasteiger partial charge in [-0.2, -0.15) is 10.2 Å². The fraction of sp³-hybridized carbons (Fsp3) is 0.556. The summed E-state index contributed by atoms with van der Waals surface area (Å²) in [5, 5.41) is 20.9. The van der Waals surface area contributed by atoms with Crippen molar-refractivity contribution in [2.45, 2.75) is 52.0 Å². The molecular formula is C18H23N5O4. The zero-order valence-corrected chi connectivity index (χ0v) is 15.3. The number of aliphatic carboxylic acids is 1. The lowest BCUT2D eigenvalue weighted by Crippen LogP contribution is -2.40. The van der Waals surface area contributed by atoms with Crippen LogP contribution in [0.1, 0.15) is 31.0 Å². The van der Waals surface area contributed by atoms with E-state index in [9.17, 15) is 14.7 Å². The second kappa shape index (κ2) is 6.80. The number of hydrogen-bond acceptors (Lipinski definition) is 5. The number of carbonyl (C=O) groups is 2. The number of nitrogens with zero attached hydrogens (tertiary/aromatic N) is 4. The van der Waals surface area contributed by atoms with E-state index in [1.807, 2.05) is 24.7 Å². The molecule has 4 heterocycles. The highest BCUT2D eigenvalue weighted by Crippen LogP contribution is 2.44. The fourth-order valence-corrected chi connectivity index (χ4v) is 4.20. The van der Waals surface area contributed by atoms with Crippen molar-refractivity contribution in [3.05, 3.63) is 29.8 Å². The van der Waals surface area contributed by atoms with Crippen molar-refractivity contribution >= 4 is 17.6 Å². The summed E-state index contributed by atoms with van der Waals surface area (Å²) < 4.78 is 9.30. The minimum atomic E-state index is -0.971. The monoisotopic (exact) mass is 373 g/mol. The van der Waals surface area contributed by atoms with E-state index in [-0.39, 0.29) is 18.1 Å². The molecule has 144 valence electrons. The molecule has 4 atom stereocenters. The molecule has 2 N–H and O–H groups in total. The topological polar surface area (TPSA) is 111 Å². The number of carbonyl (C=O) groups excluding carboxylic acids is 1. The molecule has 2 fully saturated rings. The Kier molecular flexibility index (Phi) is 4.47. The zero-order valence-electron chi connectivity index (χ0n) is 15.3. The third-order valence-electron chi connectivity index (χ3n) is 5.60. The molecule has 9 nitrogen and oxygen atoms in total. The molecule has 4 rings (SSSR count). The molecule has 27 heavy (non-hydrogen) atoms. The molecule has 1 amide bonds. The Hall–Kier alpha value is -2.68. The summed E-state index contributed by atoms with van der Waals surface area (Å²) in [5.74, 6) is -2.72. The summed E-state index contributed by atoms with van der Waals surface area (Å²) in [6.07, 6.45) is 5.90. The normalized spacial score (nSPS) is 26.4. The van der Waals surface area contributed by atoms with Gasteiger partial charge in [0.1, 0.15) is 0 Å². The third kappa shape index (κ3) is 3.12. The first kappa shape index (κ1) is 17.7. The fourth-order valence-electron chi connectivity index (χ4n) is 4.20. The van der Waals surface area contributed by atoms with Gasteiger partial charge in [-0.3, -0.25) is 19.0 Å². The number of ether oxygens (including phenoxy) is 1. The van der Waals surface area contributed by atoms with Gasteiger partial charge in [0.25, 0.3) is 0 Å². The van der Waals surface area contributed by atoms with Gasteiger partial charge in [-0.05, 0) is 26.7 Å². The van der Waals surface area contributed by atoms with Crippen LogP contribution in [0.2, 0.25) is 0 Å². The van der Waals surface area contributed by atoms with E-state index in [0.717, 1.165) is 24.2 Å². The van der Waals surface area contributed by atoms with Crippen molar-refractivity contribution in [2.75, 3.05) is 5.32 Å². The summed E-state index contributed by atoms with van der Waals surface area (Å²) in [6, 6.07) is 0. The van der Waals surface area contributed by atoms with Gasteiger partial charge in [0.05, 0.1) is 48.7 Å². The number of aryl methyl sites for hydroxylation is 1. The largest absolute Gasteiger partial charge is 0.481 e. The van der Waals surface area contributed by atoms with E-state index >= 15 is 0 Å². The number of nitrogens with one attached hydrogen (secondary N) is 1. The van der Waals surface area contributed by atoms with Crippen LogP contribution in [0.25, 0.3) is 0 Å². The average molecular weight is 373 g/mol. The smallest absolute Gasteiger partial charge is 0.310 e. The molecule has 0 unspecified atom stereocenters. The van der Waals surface area contributed by atoms with Gasteiger partial charge < -0.3 is 15.2 Å². The molecule has 2 aliphatic rings. The first-order chi connectivity index (χ1) is 13.0. The number of amides is 1. The van der Waals surface area contributed by atoms with Crippen molar-refractivity contribution in [2.24, 2.45) is 11.8 Å². The van der Waals surface area contributed by atoms with Gasteiger partial charge in [0.2, 0.25) is 5.91 Å². The maximum absolute atomic E-state index is 12.7. The first-order valence-corrected chi connectivity index (χ1v) is 9.20. The SMILES string of the molecule is CCn1ncc(Cn2cc(NC(=O)[C@@H]3[C@@H](C(=O)O)[C@@H]4CC[C@@H]3O4)cn2)c1C. The maximum Gasteiger partial charge on any atom is 0.310 e. The van der Waals surface area contributed by atoms with Gasteiger partial charge in [0, 0.05) is 24.0 Å². The number of carboxylic acid groups (broad SMARTS) is 1.